The molecule has 0 aliphatic carbocycles. The van der Waals surface area contributed by atoms with Crippen LogP contribution in [0.15, 0.2) is 77.7 Å². The number of hydrogen-bond acceptors (Lipinski definition) is 7. The van der Waals surface area contributed by atoms with Gasteiger partial charge < -0.3 is 14.8 Å². The normalized spacial score (nSPS) is 14.8. The topological polar surface area (TPSA) is 131 Å². The van der Waals surface area contributed by atoms with Crippen molar-refractivity contribution in [1.82, 2.24) is 4.31 Å². The Morgan fingerprint density at radius 2 is 1.59 bits per heavy atom. The number of nitrogens with one attached hydrogen (secondary N) is 2. The number of methoxy groups -OCH3 is 2. The molecule has 2 N–H and O–H groups in total. The highest BCUT2D eigenvalue weighted by molar-refractivity contribution is 7.92. The molecule has 0 unspecified atom stereocenters. The molecule has 1 fully saturated rings. The van der Waals surface area contributed by atoms with Gasteiger partial charge in [0.25, 0.3) is 10.0 Å². The number of piperidine rings is 1. The van der Waals surface area contributed by atoms with Gasteiger partial charge in [0.15, 0.2) is 0 Å². The van der Waals surface area contributed by atoms with E-state index < -0.39 is 20.0 Å². The van der Waals surface area contributed by atoms with Gasteiger partial charge >= 0.3 is 0 Å². The second kappa shape index (κ2) is 13.4. The Morgan fingerprint density at radius 3 is 2.22 bits per heavy atom. The van der Waals surface area contributed by atoms with Gasteiger partial charge in [0.05, 0.1) is 30.6 Å². The number of hydrogen-bond donors (Lipinski definition) is 2. The van der Waals surface area contributed by atoms with Crippen molar-refractivity contribution in [3.05, 3.63) is 78.4 Å². The minimum absolute atomic E-state index is 0.00570. The van der Waals surface area contributed by atoms with Crippen LogP contribution < -0.4 is 19.5 Å². The zero-order chi connectivity index (χ0) is 29.5. The molecule has 41 heavy (non-hydrogen) atoms. The summed E-state index contributed by atoms with van der Waals surface area (Å²) in [7, 11) is -4.41. The zero-order valence-electron chi connectivity index (χ0n) is 23.1. The third-order valence-corrected chi connectivity index (χ3v) is 10.3. The van der Waals surface area contributed by atoms with E-state index in [1.165, 1.54) is 48.9 Å². The maximum atomic E-state index is 13.0. The van der Waals surface area contributed by atoms with Gasteiger partial charge in [-0.05, 0) is 67.6 Å². The van der Waals surface area contributed by atoms with Crippen molar-refractivity contribution >= 4 is 37.3 Å². The first-order valence-corrected chi connectivity index (χ1v) is 16.4. The number of nitrogens with zero attached hydrogens (tertiary/aromatic N) is 1. The molecule has 0 atom stereocenters. The minimum Gasteiger partial charge on any atom is -0.497 e. The van der Waals surface area contributed by atoms with Crippen molar-refractivity contribution in [3.63, 3.8) is 0 Å². The summed E-state index contributed by atoms with van der Waals surface area (Å²) >= 11 is 0. The number of carbonyl (C=O) groups excluding carboxylic acids is 1. The fourth-order valence-corrected chi connectivity index (χ4v) is 7.28. The Morgan fingerprint density at radius 1 is 0.902 bits per heavy atom. The molecule has 1 saturated heterocycles. The van der Waals surface area contributed by atoms with Crippen LogP contribution >= 0.6 is 0 Å². The summed E-state index contributed by atoms with van der Waals surface area (Å²) < 4.78 is 65.9. The molecule has 0 spiro atoms. The summed E-state index contributed by atoms with van der Waals surface area (Å²) in [6, 6.07) is 20.4. The summed E-state index contributed by atoms with van der Waals surface area (Å²) in [4.78, 5) is 12.9. The zero-order valence-corrected chi connectivity index (χ0v) is 24.7. The van der Waals surface area contributed by atoms with Crippen LogP contribution in [0.5, 0.6) is 11.5 Å². The van der Waals surface area contributed by atoms with Gasteiger partial charge in [-0.3, -0.25) is 9.52 Å². The van der Waals surface area contributed by atoms with Crippen LogP contribution in [0.2, 0.25) is 0 Å². The van der Waals surface area contributed by atoms with E-state index in [2.05, 4.69) is 10.0 Å². The average Bonchev–Trinajstić information content (AvgIpc) is 2.97. The standard InChI is InChI=1S/C29H35N3O7S2/c1-38-25-12-15-28(39-2)27(21-25)31-41(36,37)26-13-10-24(11-14-26)30-29(33)23-16-18-32(19-17-23)40(34,35)20-6-9-22-7-4-3-5-8-22/h3-5,7-8,10-15,21,23,31H,6,9,16-20H2,1-2H3,(H,30,33). The molecule has 1 amide bonds. The molecule has 1 aliphatic rings. The maximum absolute atomic E-state index is 13.0. The van der Waals surface area contributed by atoms with Gasteiger partial charge in [-0.15, -0.1) is 0 Å². The molecular weight excluding hydrogens is 566 g/mol. The summed E-state index contributed by atoms with van der Waals surface area (Å²) in [5, 5.41) is 2.82. The molecule has 0 saturated carbocycles. The van der Waals surface area contributed by atoms with Crippen LogP contribution in [0.25, 0.3) is 0 Å². The Bertz CT molecular complexity index is 1540. The number of ether oxygens (including phenoxy) is 2. The van der Waals surface area contributed by atoms with Crippen LogP contribution in [0, 0.1) is 5.92 Å². The van der Waals surface area contributed by atoms with Crippen molar-refractivity contribution < 1.29 is 31.1 Å². The largest absolute Gasteiger partial charge is 0.497 e. The Hall–Kier alpha value is -3.61. The molecule has 3 aromatic rings. The van der Waals surface area contributed by atoms with E-state index in [9.17, 15) is 21.6 Å². The Kier molecular flexibility index (Phi) is 9.90. The second-order valence-electron chi connectivity index (χ2n) is 9.76. The first-order valence-electron chi connectivity index (χ1n) is 13.3. The van der Waals surface area contributed by atoms with Gasteiger partial charge in [0.2, 0.25) is 15.9 Å². The van der Waals surface area contributed by atoms with Gasteiger partial charge in [0.1, 0.15) is 11.5 Å². The van der Waals surface area contributed by atoms with Crippen LogP contribution in [0.3, 0.4) is 0 Å². The Labute approximate surface area is 241 Å². The van der Waals surface area contributed by atoms with Crippen LogP contribution in [0.4, 0.5) is 11.4 Å². The first kappa shape index (κ1) is 30.4. The van der Waals surface area contributed by atoms with E-state index in [-0.39, 0.29) is 28.2 Å². The molecule has 0 aromatic heterocycles. The van der Waals surface area contributed by atoms with Crippen molar-refractivity contribution in [3.8, 4) is 11.5 Å². The third kappa shape index (κ3) is 7.99. The molecule has 4 rings (SSSR count). The maximum Gasteiger partial charge on any atom is 0.262 e. The highest BCUT2D eigenvalue weighted by Gasteiger charge is 2.31. The molecule has 12 heteroatoms. The molecule has 220 valence electrons. The number of carbonyl (C=O) groups is 1. The van der Waals surface area contributed by atoms with Gasteiger partial charge in [-0.1, -0.05) is 30.3 Å². The fourth-order valence-electron chi connectivity index (χ4n) is 4.69. The summed E-state index contributed by atoms with van der Waals surface area (Å²) in [5.74, 6) is 0.322. The highest BCUT2D eigenvalue weighted by Crippen LogP contribution is 2.31. The predicted octanol–water partition coefficient (Wildman–Crippen LogP) is 4.12. The van der Waals surface area contributed by atoms with E-state index in [0.717, 1.165) is 5.56 Å². The summed E-state index contributed by atoms with van der Waals surface area (Å²) in [6.07, 6.45) is 2.08. The van der Waals surface area contributed by atoms with Gasteiger partial charge in [-0.2, -0.15) is 0 Å². The van der Waals surface area contributed by atoms with Crippen LogP contribution in [0.1, 0.15) is 24.8 Å². The van der Waals surface area contributed by atoms with Crippen molar-refractivity contribution in [2.24, 2.45) is 5.92 Å². The van der Waals surface area contributed by atoms with Crippen molar-refractivity contribution in [2.45, 2.75) is 30.6 Å². The number of anilines is 2. The molecule has 0 radical (unpaired) electrons. The number of aryl methyl sites for hydroxylation is 1. The summed E-state index contributed by atoms with van der Waals surface area (Å²) in [5.41, 5.74) is 1.79. The second-order valence-corrected chi connectivity index (χ2v) is 13.5. The summed E-state index contributed by atoms with van der Waals surface area (Å²) in [6.45, 7) is 0.588. The predicted molar refractivity (Wildman–Crippen MR) is 158 cm³/mol. The number of sulfonamides is 2. The van der Waals surface area contributed by atoms with Gasteiger partial charge in [0, 0.05) is 30.8 Å². The van der Waals surface area contributed by atoms with Crippen LogP contribution in [-0.4, -0.2) is 60.1 Å². The smallest absolute Gasteiger partial charge is 0.262 e. The van der Waals surface area contributed by atoms with E-state index >= 15 is 0 Å². The van der Waals surface area contributed by atoms with E-state index in [1.807, 2.05) is 30.3 Å². The minimum atomic E-state index is -3.94. The lowest BCUT2D eigenvalue weighted by Crippen LogP contribution is -2.42. The van der Waals surface area contributed by atoms with E-state index in [1.54, 1.807) is 12.1 Å². The SMILES string of the molecule is COc1ccc(OC)c(NS(=O)(=O)c2ccc(NC(=O)C3CCN(S(=O)(=O)CCCc4ccccc4)CC3)cc2)c1. The highest BCUT2D eigenvalue weighted by atomic mass is 32.2. The lowest BCUT2D eigenvalue weighted by Gasteiger charge is -2.30. The monoisotopic (exact) mass is 601 g/mol. The number of rotatable bonds is 12. The number of benzene rings is 3. The van der Waals surface area contributed by atoms with E-state index in [0.29, 0.717) is 56.0 Å². The Balaban J connectivity index is 1.29. The van der Waals surface area contributed by atoms with Crippen molar-refractivity contribution in [1.29, 1.82) is 0 Å². The molecule has 3 aromatic carbocycles. The fraction of sp³-hybridized carbons (Fsp3) is 0.345. The number of amides is 1. The van der Waals surface area contributed by atoms with E-state index in [4.69, 9.17) is 9.47 Å². The molecule has 1 heterocycles. The quantitative estimate of drug-likeness (QED) is 0.319. The third-order valence-electron chi connectivity index (χ3n) is 7.01. The van der Waals surface area contributed by atoms with Crippen LogP contribution in [-0.2, 0) is 31.3 Å². The first-order chi connectivity index (χ1) is 19.6. The molecule has 1 aliphatic heterocycles. The van der Waals surface area contributed by atoms with Crippen molar-refractivity contribution in [2.75, 3.05) is 43.1 Å². The lowest BCUT2D eigenvalue weighted by molar-refractivity contribution is -0.120. The average molecular weight is 602 g/mol. The molecule has 0 bridgehead atoms. The molecular formula is C29H35N3O7S2. The lowest BCUT2D eigenvalue weighted by atomic mass is 9.97. The molecule has 10 nitrogen and oxygen atoms in total. The van der Waals surface area contributed by atoms with Gasteiger partial charge in [-0.25, -0.2) is 21.1 Å².